The van der Waals surface area contributed by atoms with Crippen molar-refractivity contribution in [2.45, 2.75) is 38.8 Å². The molecule has 3 rings (SSSR count). The molecule has 0 unspecified atom stereocenters. The van der Waals surface area contributed by atoms with Crippen LogP contribution in [-0.4, -0.2) is 17.7 Å². The van der Waals surface area contributed by atoms with Gasteiger partial charge in [-0.1, -0.05) is 25.1 Å². The van der Waals surface area contributed by atoms with Gasteiger partial charge in [0.15, 0.2) is 0 Å². The quantitative estimate of drug-likeness (QED) is 0.807. The summed E-state index contributed by atoms with van der Waals surface area (Å²) >= 11 is 0. The molecular weight excluding hydrogens is 240 g/mol. The van der Waals surface area contributed by atoms with Crippen LogP contribution >= 0.6 is 0 Å². The van der Waals surface area contributed by atoms with E-state index in [0.29, 0.717) is 6.42 Å². The Morgan fingerprint density at radius 2 is 2.05 bits per heavy atom. The van der Waals surface area contributed by atoms with Gasteiger partial charge in [0.2, 0.25) is 5.91 Å². The largest absolute Gasteiger partial charge is 0.324 e. The molecule has 1 saturated heterocycles. The molecule has 1 amide bonds. The van der Waals surface area contributed by atoms with Gasteiger partial charge in [0.25, 0.3) is 0 Å². The number of hydrogen-bond acceptors (Lipinski definition) is 3. The van der Waals surface area contributed by atoms with E-state index in [4.69, 9.17) is 0 Å². The van der Waals surface area contributed by atoms with Crippen molar-refractivity contribution in [2.75, 3.05) is 5.32 Å². The minimum atomic E-state index is -0.754. The van der Waals surface area contributed by atoms with Gasteiger partial charge in [-0.15, -0.1) is 0 Å². The van der Waals surface area contributed by atoms with Crippen molar-refractivity contribution in [1.82, 2.24) is 5.32 Å². The zero-order valence-corrected chi connectivity index (χ0v) is 11.4. The smallest absolute Gasteiger partial charge is 0.249 e. The molecule has 4 heteroatoms. The number of amides is 1. The lowest BCUT2D eigenvalue weighted by Gasteiger charge is -2.25. The Hall–Kier alpha value is -1.68. The third-order valence-corrected chi connectivity index (χ3v) is 4.88. The SMILES string of the molecule is CC(=O)[C@@]1(C)C[C@@]2(N[C@H]1C)C(=O)Nc1ccccc12. The number of carbonyl (C=O) groups excluding carboxylic acids is 2. The minimum Gasteiger partial charge on any atom is -0.324 e. The van der Waals surface area contributed by atoms with Crippen LogP contribution in [-0.2, 0) is 15.1 Å². The van der Waals surface area contributed by atoms with Crippen molar-refractivity contribution >= 4 is 17.4 Å². The summed E-state index contributed by atoms with van der Waals surface area (Å²) in [6.07, 6.45) is 0.513. The number of Topliss-reactive ketones (excluding diaryl/α,β-unsaturated/α-hetero) is 1. The van der Waals surface area contributed by atoms with Crippen LogP contribution in [0.25, 0.3) is 0 Å². The van der Waals surface area contributed by atoms with Crippen LogP contribution in [0.2, 0.25) is 0 Å². The van der Waals surface area contributed by atoms with Crippen molar-refractivity contribution in [1.29, 1.82) is 0 Å². The van der Waals surface area contributed by atoms with Crippen molar-refractivity contribution in [2.24, 2.45) is 5.41 Å². The standard InChI is InChI=1S/C15H18N2O2/c1-9-14(3,10(2)18)8-15(17-9)11-6-4-5-7-12(11)16-13(15)19/h4-7,9,17H,8H2,1-3H3,(H,16,19)/t9-,14-,15-/m0/s1. The number of anilines is 1. The average Bonchev–Trinajstić information content (AvgIpc) is 2.78. The lowest BCUT2D eigenvalue weighted by molar-refractivity contribution is -0.126. The van der Waals surface area contributed by atoms with E-state index >= 15 is 0 Å². The summed E-state index contributed by atoms with van der Waals surface area (Å²) in [4.78, 5) is 24.4. The number of hydrogen-bond donors (Lipinski definition) is 2. The van der Waals surface area contributed by atoms with Gasteiger partial charge in [-0.3, -0.25) is 14.9 Å². The van der Waals surface area contributed by atoms with Crippen molar-refractivity contribution < 1.29 is 9.59 Å². The highest BCUT2D eigenvalue weighted by atomic mass is 16.2. The van der Waals surface area contributed by atoms with E-state index in [1.165, 1.54) is 0 Å². The summed E-state index contributed by atoms with van der Waals surface area (Å²) in [5, 5.41) is 6.29. The van der Waals surface area contributed by atoms with Crippen LogP contribution in [0.1, 0.15) is 32.8 Å². The van der Waals surface area contributed by atoms with Crippen LogP contribution < -0.4 is 10.6 Å². The molecule has 1 aromatic rings. The normalized spacial score (nSPS) is 36.4. The molecule has 100 valence electrons. The third-order valence-electron chi connectivity index (χ3n) is 4.88. The van der Waals surface area contributed by atoms with Gasteiger partial charge in [-0.2, -0.15) is 0 Å². The lowest BCUT2D eigenvalue weighted by Crippen LogP contribution is -2.45. The van der Waals surface area contributed by atoms with Crippen LogP contribution in [0.4, 0.5) is 5.69 Å². The second-order valence-electron chi connectivity index (χ2n) is 5.92. The molecule has 1 fully saturated rings. The zero-order valence-electron chi connectivity index (χ0n) is 11.4. The molecule has 0 radical (unpaired) electrons. The van der Waals surface area contributed by atoms with E-state index in [0.717, 1.165) is 11.3 Å². The van der Waals surface area contributed by atoms with E-state index in [1.807, 2.05) is 38.1 Å². The Balaban J connectivity index is 2.12. The molecule has 2 heterocycles. The maximum Gasteiger partial charge on any atom is 0.249 e. The predicted molar refractivity (Wildman–Crippen MR) is 72.8 cm³/mol. The fourth-order valence-corrected chi connectivity index (χ4v) is 3.35. The van der Waals surface area contributed by atoms with Crippen LogP contribution in [0.5, 0.6) is 0 Å². The van der Waals surface area contributed by atoms with E-state index < -0.39 is 11.0 Å². The number of carbonyl (C=O) groups is 2. The van der Waals surface area contributed by atoms with Crippen molar-refractivity contribution in [3.63, 3.8) is 0 Å². The highest BCUT2D eigenvalue weighted by molar-refractivity contribution is 6.07. The lowest BCUT2D eigenvalue weighted by atomic mass is 9.74. The number of ketones is 1. The molecule has 2 aliphatic heterocycles. The molecule has 0 aromatic heterocycles. The zero-order chi connectivity index (χ0) is 13.8. The summed E-state index contributed by atoms with van der Waals surface area (Å²) in [6.45, 7) is 5.52. The predicted octanol–water partition coefficient (Wildman–Crippen LogP) is 1.81. The molecule has 0 saturated carbocycles. The van der Waals surface area contributed by atoms with Crippen LogP contribution in [0, 0.1) is 5.41 Å². The van der Waals surface area contributed by atoms with E-state index in [2.05, 4.69) is 10.6 Å². The first kappa shape index (κ1) is 12.4. The Morgan fingerprint density at radius 1 is 1.37 bits per heavy atom. The molecule has 19 heavy (non-hydrogen) atoms. The van der Waals surface area contributed by atoms with Gasteiger partial charge in [0, 0.05) is 22.7 Å². The van der Waals surface area contributed by atoms with Crippen LogP contribution in [0.3, 0.4) is 0 Å². The minimum absolute atomic E-state index is 0.0260. The van der Waals surface area contributed by atoms with E-state index in [1.54, 1.807) is 6.92 Å². The molecule has 4 nitrogen and oxygen atoms in total. The summed E-state index contributed by atoms with van der Waals surface area (Å²) in [7, 11) is 0. The number of fused-ring (bicyclic) bond motifs is 2. The van der Waals surface area contributed by atoms with E-state index in [-0.39, 0.29) is 17.7 Å². The first-order valence-electron chi connectivity index (χ1n) is 6.60. The number of nitrogens with one attached hydrogen (secondary N) is 2. The van der Waals surface area contributed by atoms with Gasteiger partial charge in [-0.25, -0.2) is 0 Å². The Morgan fingerprint density at radius 3 is 2.68 bits per heavy atom. The maximum atomic E-state index is 12.4. The van der Waals surface area contributed by atoms with Gasteiger partial charge in [-0.05, 0) is 26.3 Å². The Kier molecular flexibility index (Phi) is 2.39. The third kappa shape index (κ3) is 1.43. The first-order valence-corrected chi connectivity index (χ1v) is 6.60. The second kappa shape index (κ2) is 3.67. The highest BCUT2D eigenvalue weighted by Crippen LogP contribution is 2.50. The van der Waals surface area contributed by atoms with Crippen LogP contribution in [0.15, 0.2) is 24.3 Å². The Labute approximate surface area is 112 Å². The second-order valence-corrected chi connectivity index (χ2v) is 5.92. The van der Waals surface area contributed by atoms with Crippen molar-refractivity contribution in [3.8, 4) is 0 Å². The highest BCUT2D eigenvalue weighted by Gasteiger charge is 2.59. The Bertz CT molecular complexity index is 583. The molecule has 1 spiro atoms. The molecule has 1 aromatic carbocycles. The summed E-state index contributed by atoms with van der Waals surface area (Å²) < 4.78 is 0. The summed E-state index contributed by atoms with van der Waals surface area (Å²) in [5.74, 6) is 0.0760. The maximum absolute atomic E-state index is 12.4. The molecule has 0 aliphatic carbocycles. The monoisotopic (exact) mass is 258 g/mol. The van der Waals surface area contributed by atoms with Crippen molar-refractivity contribution in [3.05, 3.63) is 29.8 Å². The fraction of sp³-hybridized carbons (Fsp3) is 0.467. The van der Waals surface area contributed by atoms with Gasteiger partial charge >= 0.3 is 0 Å². The van der Waals surface area contributed by atoms with Gasteiger partial charge < -0.3 is 5.32 Å². The molecular formula is C15H18N2O2. The molecule has 3 atom stereocenters. The molecule has 2 aliphatic rings. The number of para-hydroxylation sites is 1. The number of rotatable bonds is 1. The van der Waals surface area contributed by atoms with Gasteiger partial charge in [0.05, 0.1) is 0 Å². The average molecular weight is 258 g/mol. The van der Waals surface area contributed by atoms with Gasteiger partial charge in [0.1, 0.15) is 11.3 Å². The molecule has 0 bridgehead atoms. The summed E-state index contributed by atoms with van der Waals surface area (Å²) in [6, 6.07) is 7.66. The summed E-state index contributed by atoms with van der Waals surface area (Å²) in [5.41, 5.74) is 0.544. The fourth-order valence-electron chi connectivity index (χ4n) is 3.35. The molecule has 2 N–H and O–H groups in total. The first-order chi connectivity index (χ1) is 8.90. The number of benzene rings is 1. The topological polar surface area (TPSA) is 58.2 Å². The van der Waals surface area contributed by atoms with E-state index in [9.17, 15) is 9.59 Å².